The molecule has 3 aromatic rings. The van der Waals surface area contributed by atoms with Crippen LogP contribution in [0, 0.1) is 5.41 Å². The van der Waals surface area contributed by atoms with Gasteiger partial charge in [-0.2, -0.15) is 0 Å². The van der Waals surface area contributed by atoms with Gasteiger partial charge in [0.25, 0.3) is 5.56 Å². The highest BCUT2D eigenvalue weighted by molar-refractivity contribution is 6.42. The minimum absolute atomic E-state index is 0.0283. The van der Waals surface area contributed by atoms with Crippen LogP contribution in [0.3, 0.4) is 0 Å². The fraction of sp³-hybridized carbons (Fsp3) is 0.0526. The van der Waals surface area contributed by atoms with Crippen molar-refractivity contribution in [2.24, 2.45) is 7.05 Å². The number of aromatic nitrogens is 1. The largest absolute Gasteiger partial charge is 0.507 e. The fourth-order valence-electron chi connectivity index (χ4n) is 2.60. The van der Waals surface area contributed by atoms with E-state index >= 15 is 0 Å². The predicted molar refractivity (Wildman–Crippen MR) is 101 cm³/mol. The molecule has 0 aliphatic carbocycles. The summed E-state index contributed by atoms with van der Waals surface area (Å²) in [6.45, 7) is 0. The molecule has 2 aromatic carbocycles. The smallest absolute Gasteiger partial charge is 0.264 e. The summed E-state index contributed by atoms with van der Waals surface area (Å²) in [4.78, 5) is 12.8. The van der Waals surface area contributed by atoms with E-state index in [4.69, 9.17) is 28.6 Å². The zero-order valence-corrected chi connectivity index (χ0v) is 14.8. The summed E-state index contributed by atoms with van der Waals surface area (Å²) in [6, 6.07) is 15.2. The van der Waals surface area contributed by atoms with Crippen molar-refractivity contribution in [3.05, 3.63) is 86.1 Å². The van der Waals surface area contributed by atoms with Crippen molar-refractivity contribution in [3.8, 4) is 17.0 Å². The Morgan fingerprint density at radius 2 is 1.72 bits per heavy atom. The Bertz CT molecular complexity index is 1030. The second-order valence-electron chi connectivity index (χ2n) is 5.52. The van der Waals surface area contributed by atoms with Crippen molar-refractivity contribution in [3.63, 3.8) is 0 Å². The van der Waals surface area contributed by atoms with Gasteiger partial charge in [-0.25, -0.2) is 0 Å². The first-order valence-corrected chi connectivity index (χ1v) is 8.18. The first-order chi connectivity index (χ1) is 11.9. The molecule has 126 valence electrons. The Hall–Kier alpha value is -2.56. The normalized spacial score (nSPS) is 10.7. The Kier molecular flexibility index (Phi) is 4.66. The maximum Gasteiger partial charge on any atom is 0.264 e. The van der Waals surface area contributed by atoms with Crippen molar-refractivity contribution in [1.29, 1.82) is 5.41 Å². The fourth-order valence-corrected chi connectivity index (χ4v) is 2.90. The molecule has 25 heavy (non-hydrogen) atoms. The van der Waals surface area contributed by atoms with Crippen molar-refractivity contribution >= 4 is 28.9 Å². The van der Waals surface area contributed by atoms with E-state index in [-0.39, 0.29) is 17.0 Å². The quantitative estimate of drug-likeness (QED) is 0.665. The Morgan fingerprint density at radius 1 is 1.04 bits per heavy atom. The number of hydrogen-bond donors (Lipinski definition) is 2. The van der Waals surface area contributed by atoms with Gasteiger partial charge in [0.15, 0.2) is 0 Å². The molecule has 0 aliphatic rings. The zero-order chi connectivity index (χ0) is 18.1. The SMILES string of the molecule is Cn1c(-c2ccc(Cl)c(Cl)c2)cc(O)c(C(=N)c2ccccc2)c1=O. The number of aromatic hydroxyl groups is 1. The Balaban J connectivity index is 2.16. The van der Waals surface area contributed by atoms with Crippen LogP contribution in [0.25, 0.3) is 11.3 Å². The molecule has 1 heterocycles. The lowest BCUT2D eigenvalue weighted by Crippen LogP contribution is -2.26. The highest BCUT2D eigenvalue weighted by Gasteiger charge is 2.18. The van der Waals surface area contributed by atoms with Gasteiger partial charge in [0.1, 0.15) is 11.3 Å². The predicted octanol–water partition coefficient (Wildman–Crippen LogP) is 4.48. The zero-order valence-electron chi connectivity index (χ0n) is 13.3. The molecule has 1 aromatic heterocycles. The van der Waals surface area contributed by atoms with Gasteiger partial charge in [-0.05, 0) is 17.7 Å². The molecule has 0 saturated carbocycles. The van der Waals surface area contributed by atoms with Gasteiger partial charge >= 0.3 is 0 Å². The first kappa shape index (κ1) is 17.3. The average molecular weight is 373 g/mol. The molecule has 0 amide bonds. The molecule has 0 aliphatic heterocycles. The van der Waals surface area contributed by atoms with Crippen LogP contribution in [-0.2, 0) is 7.05 Å². The maximum atomic E-state index is 12.8. The lowest BCUT2D eigenvalue weighted by Gasteiger charge is -2.14. The molecule has 6 heteroatoms. The van der Waals surface area contributed by atoms with E-state index in [2.05, 4.69) is 0 Å². The maximum absolute atomic E-state index is 12.8. The van der Waals surface area contributed by atoms with Gasteiger partial charge in [-0.1, -0.05) is 59.6 Å². The van der Waals surface area contributed by atoms with Crippen LogP contribution < -0.4 is 5.56 Å². The molecule has 3 rings (SSSR count). The molecule has 0 fully saturated rings. The lowest BCUT2D eigenvalue weighted by molar-refractivity contribution is 0.471. The molecule has 0 atom stereocenters. The van der Waals surface area contributed by atoms with Gasteiger partial charge in [0, 0.05) is 18.7 Å². The number of benzene rings is 2. The minimum Gasteiger partial charge on any atom is -0.507 e. The third-order valence-corrected chi connectivity index (χ3v) is 4.68. The monoisotopic (exact) mass is 372 g/mol. The van der Waals surface area contributed by atoms with Crippen LogP contribution in [0.5, 0.6) is 5.75 Å². The summed E-state index contributed by atoms with van der Waals surface area (Å²) < 4.78 is 1.38. The molecular weight excluding hydrogens is 359 g/mol. The van der Waals surface area contributed by atoms with Crippen LogP contribution in [0.1, 0.15) is 11.1 Å². The van der Waals surface area contributed by atoms with Gasteiger partial charge in [0.05, 0.1) is 21.5 Å². The van der Waals surface area contributed by atoms with Crippen LogP contribution in [0.2, 0.25) is 10.0 Å². The Morgan fingerprint density at radius 3 is 2.36 bits per heavy atom. The van der Waals surface area contributed by atoms with E-state index < -0.39 is 5.56 Å². The second kappa shape index (κ2) is 6.75. The summed E-state index contributed by atoms with van der Waals surface area (Å²) in [5.74, 6) is -0.252. The minimum atomic E-state index is -0.463. The molecule has 0 unspecified atom stereocenters. The molecule has 0 spiro atoms. The van der Waals surface area contributed by atoms with Crippen molar-refractivity contribution in [2.45, 2.75) is 0 Å². The van der Waals surface area contributed by atoms with E-state index in [1.165, 1.54) is 10.6 Å². The first-order valence-electron chi connectivity index (χ1n) is 7.43. The average Bonchev–Trinajstić information content (AvgIpc) is 2.61. The van der Waals surface area contributed by atoms with Crippen LogP contribution in [0.15, 0.2) is 59.4 Å². The number of hydrogen-bond acceptors (Lipinski definition) is 3. The third kappa shape index (κ3) is 3.18. The summed E-state index contributed by atoms with van der Waals surface area (Å²) in [7, 11) is 1.58. The van der Waals surface area contributed by atoms with E-state index in [0.717, 1.165) is 0 Å². The number of nitrogens with one attached hydrogen (secondary N) is 1. The third-order valence-electron chi connectivity index (χ3n) is 3.94. The van der Waals surface area contributed by atoms with Gasteiger partial charge in [-0.3, -0.25) is 10.2 Å². The Labute approximate surface area is 154 Å². The molecule has 0 saturated heterocycles. The van der Waals surface area contributed by atoms with Gasteiger partial charge < -0.3 is 9.67 Å². The second-order valence-corrected chi connectivity index (χ2v) is 6.34. The van der Waals surface area contributed by atoms with Crippen molar-refractivity contribution in [1.82, 2.24) is 4.57 Å². The summed E-state index contributed by atoms with van der Waals surface area (Å²) >= 11 is 12.0. The van der Waals surface area contributed by atoms with Crippen LogP contribution >= 0.6 is 23.2 Å². The van der Waals surface area contributed by atoms with Crippen LogP contribution in [-0.4, -0.2) is 15.4 Å². The van der Waals surface area contributed by atoms with Crippen LogP contribution in [0.4, 0.5) is 0 Å². The van der Waals surface area contributed by atoms with E-state index in [0.29, 0.717) is 26.9 Å². The highest BCUT2D eigenvalue weighted by atomic mass is 35.5. The molecule has 2 N–H and O–H groups in total. The van der Waals surface area contributed by atoms with Crippen molar-refractivity contribution < 1.29 is 5.11 Å². The summed E-state index contributed by atoms with van der Waals surface area (Å²) in [5, 5.41) is 19.4. The number of pyridine rings is 1. The van der Waals surface area contributed by atoms with E-state index in [1.807, 2.05) is 6.07 Å². The van der Waals surface area contributed by atoms with Crippen molar-refractivity contribution in [2.75, 3.05) is 0 Å². The summed E-state index contributed by atoms with van der Waals surface area (Å²) in [6.07, 6.45) is 0. The molecule has 4 nitrogen and oxygen atoms in total. The molecule has 0 bridgehead atoms. The molecular formula is C19H14Cl2N2O2. The number of nitrogens with zero attached hydrogens (tertiary/aromatic N) is 1. The lowest BCUT2D eigenvalue weighted by atomic mass is 10.0. The number of rotatable bonds is 3. The van der Waals surface area contributed by atoms with Gasteiger partial charge in [0.2, 0.25) is 0 Å². The van der Waals surface area contributed by atoms with E-state index in [1.54, 1.807) is 49.5 Å². The summed E-state index contributed by atoms with van der Waals surface area (Å²) in [5.41, 5.74) is 1.14. The standard InChI is InChI=1S/C19H14Cl2N2O2/c1-23-15(12-7-8-13(20)14(21)9-12)10-16(24)17(19(23)25)18(22)11-5-3-2-4-6-11/h2-10,22,24H,1H3. The molecule has 0 radical (unpaired) electrons. The highest BCUT2D eigenvalue weighted by Crippen LogP contribution is 2.30. The topological polar surface area (TPSA) is 66.1 Å². The van der Waals surface area contributed by atoms with Gasteiger partial charge in [-0.15, -0.1) is 0 Å². The number of halogens is 2. The van der Waals surface area contributed by atoms with E-state index in [9.17, 15) is 9.90 Å².